The number of hydrogen-bond acceptors (Lipinski definition) is 5. The molecule has 0 radical (unpaired) electrons. The maximum absolute atomic E-state index is 11.9. The zero-order valence-electron chi connectivity index (χ0n) is 15.9. The zero-order chi connectivity index (χ0) is 20.2. The summed E-state index contributed by atoms with van der Waals surface area (Å²) in [6.07, 6.45) is 4.55. The first-order valence-corrected chi connectivity index (χ1v) is 9.14. The number of nitrogens with zero attached hydrogens (tertiary/aromatic N) is 2. The molecule has 2 aromatic heterocycles. The molecule has 0 aliphatic carbocycles. The molecule has 146 valence electrons. The molecule has 7 heteroatoms. The third kappa shape index (κ3) is 4.03. The van der Waals surface area contributed by atoms with Crippen LogP contribution < -0.4 is 10.5 Å². The van der Waals surface area contributed by atoms with Gasteiger partial charge < -0.3 is 14.9 Å². The average molecular weight is 388 g/mol. The third-order valence-electron chi connectivity index (χ3n) is 4.73. The standard InChI is InChI=1S/C22H20N4O3/c1-28-17-4-2-3-14(9-17)5-7-16-11-20(26-25-16)19-10-15(21-12-24-13-29-21)6-8-18(19)22(23)27/h2-4,6,8-13H,5,7H2,1H3,(H2,23,27)(H,25,26). The van der Waals surface area contributed by atoms with Gasteiger partial charge in [0, 0.05) is 16.7 Å². The molecule has 0 fully saturated rings. The molecule has 0 saturated heterocycles. The topological polar surface area (TPSA) is 107 Å². The van der Waals surface area contributed by atoms with Crippen LogP contribution in [0.25, 0.3) is 22.6 Å². The van der Waals surface area contributed by atoms with E-state index in [9.17, 15) is 4.79 Å². The number of carbonyl (C=O) groups excluding carboxylic acids is 1. The number of primary amides is 1. The number of aryl methyl sites for hydroxylation is 2. The Balaban J connectivity index is 1.59. The van der Waals surface area contributed by atoms with Crippen LogP contribution in [0, 0.1) is 0 Å². The summed E-state index contributed by atoms with van der Waals surface area (Å²) in [5.74, 6) is 0.942. The zero-order valence-corrected chi connectivity index (χ0v) is 15.9. The first-order valence-electron chi connectivity index (χ1n) is 9.14. The van der Waals surface area contributed by atoms with Gasteiger partial charge in [-0.15, -0.1) is 0 Å². The van der Waals surface area contributed by atoms with E-state index in [1.54, 1.807) is 25.4 Å². The van der Waals surface area contributed by atoms with Crippen LogP contribution in [-0.4, -0.2) is 28.2 Å². The molecule has 0 saturated carbocycles. The van der Waals surface area contributed by atoms with E-state index in [0.717, 1.165) is 35.5 Å². The fraction of sp³-hybridized carbons (Fsp3) is 0.136. The van der Waals surface area contributed by atoms with Crippen molar-refractivity contribution in [3.05, 3.63) is 77.9 Å². The van der Waals surface area contributed by atoms with Crippen LogP contribution in [0.15, 0.2) is 65.5 Å². The van der Waals surface area contributed by atoms with Gasteiger partial charge in [0.2, 0.25) is 5.91 Å². The molecule has 0 aliphatic rings. The number of aromatic nitrogens is 3. The number of oxazole rings is 1. The van der Waals surface area contributed by atoms with Crippen molar-refractivity contribution in [3.63, 3.8) is 0 Å². The molecular weight excluding hydrogens is 368 g/mol. The number of methoxy groups -OCH3 is 1. The molecule has 0 bridgehead atoms. The van der Waals surface area contributed by atoms with Gasteiger partial charge in [0.1, 0.15) is 5.75 Å². The van der Waals surface area contributed by atoms with Crippen molar-refractivity contribution in [1.82, 2.24) is 15.2 Å². The predicted octanol–water partition coefficient (Wildman–Crippen LogP) is 3.62. The summed E-state index contributed by atoms with van der Waals surface area (Å²) in [5.41, 5.74) is 10.2. The summed E-state index contributed by atoms with van der Waals surface area (Å²) in [6, 6.07) is 15.2. The Morgan fingerprint density at radius 1 is 1.17 bits per heavy atom. The summed E-state index contributed by atoms with van der Waals surface area (Å²) in [6.45, 7) is 0. The maximum Gasteiger partial charge on any atom is 0.249 e. The smallest absolute Gasteiger partial charge is 0.249 e. The van der Waals surface area contributed by atoms with E-state index >= 15 is 0 Å². The maximum atomic E-state index is 11.9. The number of amides is 1. The lowest BCUT2D eigenvalue weighted by molar-refractivity contribution is 0.100. The highest BCUT2D eigenvalue weighted by atomic mass is 16.5. The van der Waals surface area contributed by atoms with Gasteiger partial charge in [-0.3, -0.25) is 9.89 Å². The molecule has 0 atom stereocenters. The lowest BCUT2D eigenvalue weighted by Gasteiger charge is -2.06. The van der Waals surface area contributed by atoms with Crippen molar-refractivity contribution in [3.8, 4) is 28.3 Å². The fourth-order valence-electron chi connectivity index (χ4n) is 3.22. The van der Waals surface area contributed by atoms with Gasteiger partial charge in [-0.05, 0) is 48.7 Å². The summed E-state index contributed by atoms with van der Waals surface area (Å²) in [4.78, 5) is 15.9. The molecule has 7 nitrogen and oxygen atoms in total. The first kappa shape index (κ1) is 18.5. The van der Waals surface area contributed by atoms with E-state index in [-0.39, 0.29) is 0 Å². The van der Waals surface area contributed by atoms with E-state index < -0.39 is 5.91 Å². The van der Waals surface area contributed by atoms with E-state index in [0.29, 0.717) is 16.9 Å². The third-order valence-corrected chi connectivity index (χ3v) is 4.73. The highest BCUT2D eigenvalue weighted by Crippen LogP contribution is 2.29. The van der Waals surface area contributed by atoms with Crippen LogP contribution >= 0.6 is 0 Å². The van der Waals surface area contributed by atoms with E-state index in [1.807, 2.05) is 30.3 Å². The number of rotatable bonds is 7. The second kappa shape index (κ2) is 8.02. The van der Waals surface area contributed by atoms with Crippen molar-refractivity contribution < 1.29 is 13.9 Å². The van der Waals surface area contributed by atoms with Gasteiger partial charge in [-0.2, -0.15) is 5.10 Å². The van der Waals surface area contributed by atoms with Crippen molar-refractivity contribution in [1.29, 1.82) is 0 Å². The Morgan fingerprint density at radius 3 is 2.83 bits per heavy atom. The van der Waals surface area contributed by atoms with Crippen LogP contribution in [0.3, 0.4) is 0 Å². The van der Waals surface area contributed by atoms with Crippen molar-refractivity contribution in [2.75, 3.05) is 7.11 Å². The number of benzene rings is 2. The van der Waals surface area contributed by atoms with Gasteiger partial charge in [0.15, 0.2) is 12.2 Å². The molecule has 2 heterocycles. The molecule has 2 aromatic carbocycles. The summed E-state index contributed by atoms with van der Waals surface area (Å²) >= 11 is 0. The lowest BCUT2D eigenvalue weighted by atomic mass is 9.99. The van der Waals surface area contributed by atoms with Gasteiger partial charge in [-0.25, -0.2) is 4.98 Å². The molecule has 0 spiro atoms. The lowest BCUT2D eigenvalue weighted by Crippen LogP contribution is -2.12. The van der Waals surface area contributed by atoms with Crippen molar-refractivity contribution in [2.24, 2.45) is 5.73 Å². The van der Waals surface area contributed by atoms with Gasteiger partial charge in [0.05, 0.1) is 24.7 Å². The summed E-state index contributed by atoms with van der Waals surface area (Å²) in [7, 11) is 1.66. The first-order chi connectivity index (χ1) is 14.1. The van der Waals surface area contributed by atoms with Gasteiger partial charge >= 0.3 is 0 Å². The highest BCUT2D eigenvalue weighted by molar-refractivity contribution is 6.00. The van der Waals surface area contributed by atoms with E-state index in [2.05, 4.69) is 21.2 Å². The van der Waals surface area contributed by atoms with Crippen molar-refractivity contribution in [2.45, 2.75) is 12.8 Å². The molecule has 4 aromatic rings. The summed E-state index contributed by atoms with van der Waals surface area (Å²) in [5, 5.41) is 7.42. The Kier molecular flexibility index (Phi) is 5.11. The molecule has 29 heavy (non-hydrogen) atoms. The molecule has 0 unspecified atom stereocenters. The van der Waals surface area contributed by atoms with Crippen LogP contribution in [0.2, 0.25) is 0 Å². The number of H-pyrrole nitrogens is 1. The summed E-state index contributed by atoms with van der Waals surface area (Å²) < 4.78 is 10.6. The number of aromatic amines is 1. The van der Waals surface area contributed by atoms with Crippen LogP contribution in [-0.2, 0) is 12.8 Å². The Bertz CT molecular complexity index is 1130. The van der Waals surface area contributed by atoms with E-state index in [4.69, 9.17) is 14.9 Å². The van der Waals surface area contributed by atoms with Gasteiger partial charge in [0.25, 0.3) is 0 Å². The molecule has 0 aliphatic heterocycles. The van der Waals surface area contributed by atoms with Crippen LogP contribution in [0.4, 0.5) is 0 Å². The van der Waals surface area contributed by atoms with Gasteiger partial charge in [-0.1, -0.05) is 18.2 Å². The fourth-order valence-corrected chi connectivity index (χ4v) is 3.22. The minimum atomic E-state index is -0.503. The largest absolute Gasteiger partial charge is 0.497 e. The SMILES string of the molecule is COc1cccc(CCc2cc(-c3cc(-c4cnco4)ccc3C(N)=O)[nH]n2)c1. The minimum Gasteiger partial charge on any atom is -0.497 e. The quantitative estimate of drug-likeness (QED) is 0.503. The van der Waals surface area contributed by atoms with Crippen molar-refractivity contribution >= 4 is 5.91 Å². The number of nitrogens with two attached hydrogens (primary N) is 1. The number of nitrogens with one attached hydrogen (secondary N) is 1. The van der Waals surface area contributed by atoms with Crippen LogP contribution in [0.1, 0.15) is 21.6 Å². The predicted molar refractivity (Wildman–Crippen MR) is 108 cm³/mol. The second-order valence-corrected chi connectivity index (χ2v) is 6.61. The van der Waals surface area contributed by atoms with E-state index in [1.165, 1.54) is 12.0 Å². The minimum absolute atomic E-state index is 0.413. The van der Waals surface area contributed by atoms with Crippen LogP contribution in [0.5, 0.6) is 5.75 Å². The molecule has 3 N–H and O–H groups in total. The average Bonchev–Trinajstić information content (AvgIpc) is 3.44. The number of hydrogen-bond donors (Lipinski definition) is 2. The molecular formula is C22H20N4O3. The highest BCUT2D eigenvalue weighted by Gasteiger charge is 2.15. The molecule has 4 rings (SSSR count). The molecule has 1 amide bonds. The second-order valence-electron chi connectivity index (χ2n) is 6.61. The number of ether oxygens (including phenoxy) is 1. The Hall–Kier alpha value is -3.87. The monoisotopic (exact) mass is 388 g/mol. The Morgan fingerprint density at radius 2 is 2.07 bits per heavy atom. The number of carbonyl (C=O) groups is 1. The normalized spacial score (nSPS) is 10.8. The Labute approximate surface area is 167 Å².